The first kappa shape index (κ1) is 16.0. The Labute approximate surface area is 130 Å². The van der Waals surface area contributed by atoms with Crippen LogP contribution in [0.25, 0.3) is 5.57 Å². The van der Waals surface area contributed by atoms with Gasteiger partial charge >= 0.3 is 11.9 Å². The van der Waals surface area contributed by atoms with E-state index in [9.17, 15) is 9.59 Å². The van der Waals surface area contributed by atoms with Crippen molar-refractivity contribution in [3.63, 3.8) is 0 Å². The van der Waals surface area contributed by atoms with Crippen LogP contribution in [0.2, 0.25) is 0 Å². The first-order valence-electron chi connectivity index (χ1n) is 7.37. The van der Waals surface area contributed by atoms with Crippen LogP contribution in [-0.2, 0) is 19.1 Å². The van der Waals surface area contributed by atoms with Crippen molar-refractivity contribution in [3.8, 4) is 0 Å². The van der Waals surface area contributed by atoms with Crippen LogP contribution in [-0.4, -0.2) is 25.2 Å². The van der Waals surface area contributed by atoms with Gasteiger partial charge in [-0.3, -0.25) is 9.59 Å². The van der Waals surface area contributed by atoms with E-state index in [-0.39, 0.29) is 19.6 Å². The van der Waals surface area contributed by atoms with Crippen LogP contribution in [0.3, 0.4) is 0 Å². The topological polar surface area (TPSA) is 52.6 Å². The molecule has 0 aromatic heterocycles. The SMILES string of the molecule is C=C1C(c2ccccc2)=CCC1(C(=O)OCC)C(=O)OCC. The molecule has 0 radical (unpaired) electrons. The van der Waals surface area contributed by atoms with Crippen molar-refractivity contribution in [2.24, 2.45) is 5.41 Å². The van der Waals surface area contributed by atoms with Crippen LogP contribution in [0.5, 0.6) is 0 Å². The van der Waals surface area contributed by atoms with Crippen molar-refractivity contribution in [2.75, 3.05) is 13.2 Å². The number of allylic oxidation sites excluding steroid dienone is 2. The minimum Gasteiger partial charge on any atom is -0.465 e. The number of rotatable bonds is 5. The van der Waals surface area contributed by atoms with Gasteiger partial charge in [-0.05, 0) is 37.0 Å². The van der Waals surface area contributed by atoms with Crippen LogP contribution in [0.4, 0.5) is 0 Å². The van der Waals surface area contributed by atoms with Gasteiger partial charge in [0.25, 0.3) is 0 Å². The summed E-state index contributed by atoms with van der Waals surface area (Å²) in [6, 6.07) is 9.55. The molecule has 4 heteroatoms. The maximum Gasteiger partial charge on any atom is 0.328 e. The van der Waals surface area contributed by atoms with Crippen molar-refractivity contribution < 1.29 is 19.1 Å². The van der Waals surface area contributed by atoms with Crippen LogP contribution >= 0.6 is 0 Å². The summed E-state index contributed by atoms with van der Waals surface area (Å²) >= 11 is 0. The molecule has 2 rings (SSSR count). The molecule has 0 heterocycles. The summed E-state index contributed by atoms with van der Waals surface area (Å²) in [6.45, 7) is 7.82. The van der Waals surface area contributed by atoms with Gasteiger partial charge in [-0.15, -0.1) is 0 Å². The summed E-state index contributed by atoms with van der Waals surface area (Å²) in [4.78, 5) is 24.9. The van der Waals surface area contributed by atoms with E-state index in [1.54, 1.807) is 13.8 Å². The van der Waals surface area contributed by atoms with Crippen LogP contribution < -0.4 is 0 Å². The third kappa shape index (κ3) is 2.56. The highest BCUT2D eigenvalue weighted by molar-refractivity contribution is 6.10. The van der Waals surface area contributed by atoms with E-state index in [2.05, 4.69) is 6.58 Å². The Morgan fingerprint density at radius 3 is 2.14 bits per heavy atom. The number of benzene rings is 1. The Bertz CT molecular complexity index is 595. The fourth-order valence-electron chi connectivity index (χ4n) is 2.65. The van der Waals surface area contributed by atoms with Gasteiger partial charge < -0.3 is 9.47 Å². The molecule has 0 aliphatic heterocycles. The Morgan fingerprint density at radius 1 is 1.09 bits per heavy atom. The summed E-state index contributed by atoms with van der Waals surface area (Å²) < 4.78 is 10.2. The first-order valence-corrected chi connectivity index (χ1v) is 7.37. The molecule has 1 aromatic rings. The Kier molecular flexibility index (Phi) is 4.81. The van der Waals surface area contributed by atoms with Gasteiger partial charge in [0.1, 0.15) is 0 Å². The lowest BCUT2D eigenvalue weighted by Crippen LogP contribution is -2.41. The Morgan fingerprint density at radius 2 is 1.64 bits per heavy atom. The number of esters is 2. The zero-order valence-electron chi connectivity index (χ0n) is 12.9. The molecule has 0 saturated carbocycles. The van der Waals surface area contributed by atoms with E-state index < -0.39 is 17.4 Å². The lowest BCUT2D eigenvalue weighted by molar-refractivity contribution is -0.168. The summed E-state index contributed by atoms with van der Waals surface area (Å²) in [7, 11) is 0. The predicted molar refractivity (Wildman–Crippen MR) is 83.9 cm³/mol. The van der Waals surface area contributed by atoms with Crippen molar-refractivity contribution in [3.05, 3.63) is 54.1 Å². The van der Waals surface area contributed by atoms with Crippen molar-refractivity contribution >= 4 is 17.5 Å². The highest BCUT2D eigenvalue weighted by atomic mass is 16.6. The van der Waals surface area contributed by atoms with Crippen molar-refractivity contribution in [2.45, 2.75) is 20.3 Å². The molecule has 116 valence electrons. The fourth-order valence-corrected chi connectivity index (χ4v) is 2.65. The van der Waals surface area contributed by atoms with Gasteiger partial charge in [-0.1, -0.05) is 43.0 Å². The predicted octanol–water partition coefficient (Wildman–Crippen LogP) is 3.14. The molecule has 4 nitrogen and oxygen atoms in total. The maximum atomic E-state index is 12.5. The minimum atomic E-state index is -1.46. The molecular weight excluding hydrogens is 280 g/mol. The van der Waals surface area contributed by atoms with Gasteiger partial charge in [0.05, 0.1) is 13.2 Å². The highest BCUT2D eigenvalue weighted by Crippen LogP contribution is 2.47. The maximum absolute atomic E-state index is 12.5. The number of ether oxygens (including phenoxy) is 2. The van der Waals surface area contributed by atoms with Gasteiger partial charge in [-0.25, -0.2) is 0 Å². The largest absolute Gasteiger partial charge is 0.465 e. The summed E-state index contributed by atoms with van der Waals surface area (Å²) in [6.07, 6.45) is 2.07. The second kappa shape index (κ2) is 6.60. The number of hydrogen-bond acceptors (Lipinski definition) is 4. The van der Waals surface area contributed by atoms with Gasteiger partial charge in [0.15, 0.2) is 5.41 Å². The third-order valence-electron chi connectivity index (χ3n) is 3.79. The monoisotopic (exact) mass is 300 g/mol. The lowest BCUT2D eigenvalue weighted by atomic mass is 9.79. The Balaban J connectivity index is 2.40. The fraction of sp³-hybridized carbons (Fsp3) is 0.333. The van der Waals surface area contributed by atoms with Crippen LogP contribution in [0.15, 0.2) is 48.6 Å². The molecule has 0 spiro atoms. The third-order valence-corrected chi connectivity index (χ3v) is 3.79. The molecule has 1 aliphatic carbocycles. The summed E-state index contributed by atoms with van der Waals surface area (Å²) in [5.74, 6) is -1.19. The second-order valence-electron chi connectivity index (χ2n) is 5.01. The molecule has 0 atom stereocenters. The van der Waals surface area contributed by atoms with Gasteiger partial charge in [0.2, 0.25) is 0 Å². The zero-order valence-corrected chi connectivity index (χ0v) is 12.9. The van der Waals surface area contributed by atoms with Gasteiger partial charge in [-0.2, -0.15) is 0 Å². The van der Waals surface area contributed by atoms with E-state index in [0.717, 1.165) is 11.1 Å². The normalized spacial score (nSPS) is 16.1. The Hall–Kier alpha value is -2.36. The molecule has 0 unspecified atom stereocenters. The van der Waals surface area contributed by atoms with E-state index in [4.69, 9.17) is 9.47 Å². The van der Waals surface area contributed by atoms with Crippen molar-refractivity contribution in [1.82, 2.24) is 0 Å². The lowest BCUT2D eigenvalue weighted by Gasteiger charge is -2.26. The van der Waals surface area contributed by atoms with Gasteiger partial charge in [0, 0.05) is 0 Å². The number of carbonyl (C=O) groups excluding carboxylic acids is 2. The standard InChI is InChI=1S/C18H20O4/c1-4-21-16(19)18(17(20)22-5-2)12-11-15(13(18)3)14-9-7-6-8-10-14/h6-11H,3-5,12H2,1-2H3. The molecular formula is C18H20O4. The van der Waals surface area contributed by atoms with Crippen molar-refractivity contribution in [1.29, 1.82) is 0 Å². The quantitative estimate of drug-likeness (QED) is 0.619. The molecule has 0 N–H and O–H groups in total. The van der Waals surface area contributed by atoms with Crippen LogP contribution in [0, 0.1) is 5.41 Å². The summed E-state index contributed by atoms with van der Waals surface area (Å²) in [5, 5.41) is 0. The number of carbonyl (C=O) groups is 2. The zero-order chi connectivity index (χ0) is 16.2. The molecule has 0 amide bonds. The molecule has 0 bridgehead atoms. The minimum absolute atomic E-state index is 0.202. The van der Waals surface area contributed by atoms with Crippen LogP contribution in [0.1, 0.15) is 25.8 Å². The molecule has 0 saturated heterocycles. The first-order chi connectivity index (χ1) is 10.6. The second-order valence-corrected chi connectivity index (χ2v) is 5.01. The van der Waals surface area contributed by atoms with E-state index >= 15 is 0 Å². The average Bonchev–Trinajstić information content (AvgIpc) is 2.87. The van der Waals surface area contributed by atoms with E-state index in [1.807, 2.05) is 36.4 Å². The van der Waals surface area contributed by atoms with E-state index in [0.29, 0.717) is 5.57 Å². The molecule has 0 fully saturated rings. The molecule has 22 heavy (non-hydrogen) atoms. The highest BCUT2D eigenvalue weighted by Gasteiger charge is 2.54. The average molecular weight is 300 g/mol. The summed E-state index contributed by atoms with van der Waals surface area (Å²) in [5.41, 5.74) is 0.692. The molecule has 1 aliphatic rings. The molecule has 1 aromatic carbocycles. The van der Waals surface area contributed by atoms with E-state index in [1.165, 1.54) is 0 Å². The smallest absolute Gasteiger partial charge is 0.328 e. The number of hydrogen-bond donors (Lipinski definition) is 0.